The second-order valence-corrected chi connectivity index (χ2v) is 4.61. The predicted molar refractivity (Wildman–Crippen MR) is 65.8 cm³/mol. The van der Waals surface area contributed by atoms with Crippen molar-refractivity contribution in [2.45, 2.75) is 25.3 Å². The molecule has 0 amide bonds. The number of rotatable bonds is 5. The van der Waals surface area contributed by atoms with Crippen LogP contribution in [0, 0.1) is 10.1 Å². The first-order chi connectivity index (χ1) is 8.47. The van der Waals surface area contributed by atoms with Gasteiger partial charge >= 0.3 is 0 Å². The normalized spacial score (nSPS) is 16.1. The fourth-order valence-electron chi connectivity index (χ4n) is 1.77. The molecule has 0 aromatic heterocycles. The van der Waals surface area contributed by atoms with Crippen molar-refractivity contribution in [1.82, 2.24) is 0 Å². The highest BCUT2D eigenvalue weighted by Crippen LogP contribution is 2.40. The van der Waals surface area contributed by atoms with Crippen molar-refractivity contribution in [3.63, 3.8) is 0 Å². The SMILES string of the molecule is CC(=O)c1ccc(NC2(CO)CC2)c([N+](=O)[O-])c1. The number of hydrogen-bond donors (Lipinski definition) is 2. The first kappa shape index (κ1) is 12.5. The molecule has 0 radical (unpaired) electrons. The van der Waals surface area contributed by atoms with E-state index in [9.17, 15) is 20.0 Å². The minimum absolute atomic E-state index is 0.0569. The Bertz CT molecular complexity index is 509. The first-order valence-corrected chi connectivity index (χ1v) is 5.66. The van der Waals surface area contributed by atoms with Crippen LogP contribution in [0.25, 0.3) is 0 Å². The largest absolute Gasteiger partial charge is 0.394 e. The molecule has 1 aliphatic carbocycles. The lowest BCUT2D eigenvalue weighted by Crippen LogP contribution is -2.26. The highest BCUT2D eigenvalue weighted by molar-refractivity contribution is 5.95. The van der Waals surface area contributed by atoms with Crippen molar-refractivity contribution in [2.75, 3.05) is 11.9 Å². The molecule has 0 atom stereocenters. The van der Waals surface area contributed by atoms with E-state index in [2.05, 4.69) is 5.32 Å². The van der Waals surface area contributed by atoms with E-state index in [1.807, 2.05) is 0 Å². The summed E-state index contributed by atoms with van der Waals surface area (Å²) < 4.78 is 0. The molecule has 0 bridgehead atoms. The molecule has 1 aromatic rings. The Kier molecular flexibility index (Phi) is 3.04. The smallest absolute Gasteiger partial charge is 0.293 e. The number of carbonyl (C=O) groups excluding carboxylic acids is 1. The summed E-state index contributed by atoms with van der Waals surface area (Å²) in [6.07, 6.45) is 1.57. The van der Waals surface area contributed by atoms with Gasteiger partial charge in [0.25, 0.3) is 5.69 Å². The molecule has 2 rings (SSSR count). The maximum absolute atomic E-state index is 11.2. The number of nitrogens with zero attached hydrogens (tertiary/aromatic N) is 1. The number of nitrogens with one attached hydrogen (secondary N) is 1. The number of ketones is 1. The van der Waals surface area contributed by atoms with Gasteiger partial charge in [-0.05, 0) is 31.9 Å². The lowest BCUT2D eigenvalue weighted by molar-refractivity contribution is -0.384. The number of benzene rings is 1. The molecule has 1 aromatic carbocycles. The van der Waals surface area contributed by atoms with Gasteiger partial charge in [0.15, 0.2) is 5.78 Å². The third kappa shape index (κ3) is 2.33. The highest BCUT2D eigenvalue weighted by Gasteiger charge is 2.43. The zero-order valence-corrected chi connectivity index (χ0v) is 9.97. The van der Waals surface area contributed by atoms with Crippen LogP contribution in [-0.4, -0.2) is 28.0 Å². The number of nitro groups is 1. The summed E-state index contributed by atoms with van der Waals surface area (Å²) in [5.74, 6) is -0.215. The van der Waals surface area contributed by atoms with Crippen LogP contribution in [-0.2, 0) is 0 Å². The zero-order chi connectivity index (χ0) is 13.3. The van der Waals surface area contributed by atoms with Gasteiger partial charge in [0, 0.05) is 11.6 Å². The monoisotopic (exact) mass is 250 g/mol. The molecule has 6 nitrogen and oxygen atoms in total. The van der Waals surface area contributed by atoms with Gasteiger partial charge in [-0.15, -0.1) is 0 Å². The van der Waals surface area contributed by atoms with Crippen molar-refractivity contribution in [3.8, 4) is 0 Å². The van der Waals surface area contributed by atoms with E-state index < -0.39 is 10.5 Å². The number of Topliss-reactive ketones (excluding diaryl/α,β-unsaturated/α-hetero) is 1. The third-order valence-corrected chi connectivity index (χ3v) is 3.16. The molecular weight excluding hydrogens is 236 g/mol. The fraction of sp³-hybridized carbons (Fsp3) is 0.417. The van der Waals surface area contributed by atoms with Crippen molar-refractivity contribution in [2.24, 2.45) is 0 Å². The Balaban J connectivity index is 2.35. The quantitative estimate of drug-likeness (QED) is 0.471. The number of aliphatic hydroxyl groups excluding tert-OH is 1. The Hall–Kier alpha value is -1.95. The minimum atomic E-state index is -0.526. The molecule has 1 saturated carbocycles. The van der Waals surface area contributed by atoms with Gasteiger partial charge in [-0.25, -0.2) is 0 Å². The summed E-state index contributed by atoms with van der Waals surface area (Å²) in [5.41, 5.74) is 0.0859. The summed E-state index contributed by atoms with van der Waals surface area (Å²) in [6.45, 7) is 1.31. The molecule has 0 spiro atoms. The summed E-state index contributed by atoms with van der Waals surface area (Å²) in [6, 6.07) is 4.33. The second kappa shape index (κ2) is 4.38. The van der Waals surface area contributed by atoms with Crippen molar-refractivity contribution < 1.29 is 14.8 Å². The molecule has 18 heavy (non-hydrogen) atoms. The van der Waals surface area contributed by atoms with Crippen LogP contribution in [0.1, 0.15) is 30.1 Å². The van der Waals surface area contributed by atoms with Gasteiger partial charge in [0.05, 0.1) is 17.1 Å². The van der Waals surface area contributed by atoms with E-state index in [4.69, 9.17) is 0 Å². The number of hydrogen-bond acceptors (Lipinski definition) is 5. The maximum Gasteiger partial charge on any atom is 0.293 e. The van der Waals surface area contributed by atoms with Gasteiger partial charge in [0.2, 0.25) is 0 Å². The van der Waals surface area contributed by atoms with Crippen LogP contribution < -0.4 is 5.32 Å². The Morgan fingerprint density at radius 3 is 2.67 bits per heavy atom. The standard InChI is InChI=1S/C12H14N2O4/c1-8(16)9-2-3-10(11(6-9)14(17)18)13-12(7-15)4-5-12/h2-3,6,13,15H,4-5,7H2,1H3. The van der Waals surface area contributed by atoms with E-state index in [0.717, 1.165) is 12.8 Å². The summed E-state index contributed by atoms with van der Waals surface area (Å²) in [5, 5.41) is 23.2. The van der Waals surface area contributed by atoms with Crippen molar-refractivity contribution >= 4 is 17.2 Å². The van der Waals surface area contributed by atoms with Crippen LogP contribution in [0.4, 0.5) is 11.4 Å². The summed E-state index contributed by atoms with van der Waals surface area (Å²) in [4.78, 5) is 21.7. The van der Waals surface area contributed by atoms with Crippen LogP contribution in [0.15, 0.2) is 18.2 Å². The van der Waals surface area contributed by atoms with Crippen molar-refractivity contribution in [3.05, 3.63) is 33.9 Å². The number of aliphatic hydroxyl groups is 1. The predicted octanol–water partition coefficient (Wildman–Crippen LogP) is 1.73. The van der Waals surface area contributed by atoms with Gasteiger partial charge < -0.3 is 10.4 Å². The van der Waals surface area contributed by atoms with E-state index >= 15 is 0 Å². The Morgan fingerprint density at radius 2 is 2.22 bits per heavy atom. The molecule has 96 valence electrons. The van der Waals surface area contributed by atoms with Crippen LogP contribution in [0.5, 0.6) is 0 Å². The Labute approximate surface area is 104 Å². The zero-order valence-electron chi connectivity index (χ0n) is 9.97. The Morgan fingerprint density at radius 1 is 1.56 bits per heavy atom. The molecule has 0 unspecified atom stereocenters. The second-order valence-electron chi connectivity index (χ2n) is 4.61. The lowest BCUT2D eigenvalue weighted by atomic mass is 10.1. The molecular formula is C12H14N2O4. The first-order valence-electron chi connectivity index (χ1n) is 5.66. The minimum Gasteiger partial charge on any atom is -0.394 e. The number of anilines is 1. The van der Waals surface area contributed by atoms with Gasteiger partial charge in [0.1, 0.15) is 5.69 Å². The van der Waals surface area contributed by atoms with Crippen LogP contribution in [0.3, 0.4) is 0 Å². The number of carbonyl (C=O) groups is 1. The molecule has 1 aliphatic rings. The van der Waals surface area contributed by atoms with E-state index in [1.165, 1.54) is 19.1 Å². The molecule has 6 heteroatoms. The molecule has 0 aliphatic heterocycles. The van der Waals surface area contributed by atoms with Gasteiger partial charge in [-0.3, -0.25) is 14.9 Å². The maximum atomic E-state index is 11.2. The average molecular weight is 250 g/mol. The summed E-state index contributed by atoms with van der Waals surface area (Å²) in [7, 11) is 0. The highest BCUT2D eigenvalue weighted by atomic mass is 16.6. The third-order valence-electron chi connectivity index (χ3n) is 3.16. The van der Waals surface area contributed by atoms with Gasteiger partial charge in [-0.1, -0.05) is 0 Å². The van der Waals surface area contributed by atoms with E-state index in [1.54, 1.807) is 6.07 Å². The molecule has 0 saturated heterocycles. The van der Waals surface area contributed by atoms with E-state index in [0.29, 0.717) is 11.3 Å². The molecule has 2 N–H and O–H groups in total. The van der Waals surface area contributed by atoms with Crippen molar-refractivity contribution in [1.29, 1.82) is 0 Å². The van der Waals surface area contributed by atoms with Gasteiger partial charge in [-0.2, -0.15) is 0 Å². The summed E-state index contributed by atoms with van der Waals surface area (Å²) >= 11 is 0. The average Bonchev–Trinajstić information content (AvgIpc) is 3.09. The van der Waals surface area contributed by atoms with E-state index in [-0.39, 0.29) is 18.1 Å². The number of nitro benzene ring substituents is 1. The van der Waals surface area contributed by atoms with Crippen LogP contribution >= 0.6 is 0 Å². The lowest BCUT2D eigenvalue weighted by Gasteiger charge is -2.16. The fourth-order valence-corrected chi connectivity index (χ4v) is 1.77. The van der Waals surface area contributed by atoms with Crippen LogP contribution in [0.2, 0.25) is 0 Å². The molecule has 1 fully saturated rings. The topological polar surface area (TPSA) is 92.5 Å². The molecule has 0 heterocycles.